The zero-order valence-corrected chi connectivity index (χ0v) is 15.5. The summed E-state index contributed by atoms with van der Waals surface area (Å²) >= 11 is 0. The molecule has 1 N–H and O–H groups in total. The Bertz CT molecular complexity index is 713. The first-order valence-corrected chi connectivity index (χ1v) is 8.30. The molecule has 0 aromatic heterocycles. The number of amides is 1. The summed E-state index contributed by atoms with van der Waals surface area (Å²) in [5.41, 5.74) is 4.29. The zero-order valence-electron chi connectivity index (χ0n) is 15.5. The molecule has 0 aliphatic carbocycles. The van der Waals surface area contributed by atoms with Crippen LogP contribution in [0.5, 0.6) is 0 Å². The van der Waals surface area contributed by atoms with Gasteiger partial charge in [-0.05, 0) is 58.7 Å². The van der Waals surface area contributed by atoms with Crippen LogP contribution in [-0.2, 0) is 10.8 Å². The summed E-state index contributed by atoms with van der Waals surface area (Å²) in [6.45, 7) is 18.8. The fourth-order valence-electron chi connectivity index (χ4n) is 2.44. The standard InChI is InChI=1S/C22H27NO/c1-15-9-8-10-19(11-15)23-20(24)16-12-17(21(2,3)4)14-18(13-16)22(5,6)7/h1,8-14H,2-7H3,(H,23,24). The highest BCUT2D eigenvalue weighted by Crippen LogP contribution is 2.30. The fraction of sp³-hybridized carbons (Fsp3) is 0.364. The molecular weight excluding hydrogens is 294 g/mol. The lowest BCUT2D eigenvalue weighted by Crippen LogP contribution is -2.20. The molecule has 0 heterocycles. The van der Waals surface area contributed by atoms with Crippen molar-refractivity contribution in [3.63, 3.8) is 0 Å². The fourth-order valence-corrected chi connectivity index (χ4v) is 2.44. The minimum Gasteiger partial charge on any atom is -0.322 e. The molecule has 0 bridgehead atoms. The van der Waals surface area contributed by atoms with Crippen LogP contribution in [0.1, 0.15) is 68.6 Å². The van der Waals surface area contributed by atoms with Crippen molar-refractivity contribution in [2.45, 2.75) is 52.4 Å². The topological polar surface area (TPSA) is 29.1 Å². The largest absolute Gasteiger partial charge is 0.322 e. The third-order valence-electron chi connectivity index (χ3n) is 4.07. The van der Waals surface area contributed by atoms with Gasteiger partial charge in [-0.1, -0.05) is 59.7 Å². The number of rotatable bonds is 2. The van der Waals surface area contributed by atoms with Gasteiger partial charge in [-0.15, -0.1) is 0 Å². The van der Waals surface area contributed by atoms with Crippen molar-refractivity contribution < 1.29 is 4.79 Å². The normalized spacial score (nSPS) is 12.1. The smallest absolute Gasteiger partial charge is 0.255 e. The van der Waals surface area contributed by atoms with Crippen LogP contribution in [0.3, 0.4) is 0 Å². The molecule has 0 spiro atoms. The summed E-state index contributed by atoms with van der Waals surface area (Å²) in [5.74, 6) is -0.114. The Morgan fingerprint density at radius 1 is 0.875 bits per heavy atom. The highest BCUT2D eigenvalue weighted by Gasteiger charge is 2.22. The van der Waals surface area contributed by atoms with Crippen LogP contribution in [-0.4, -0.2) is 5.91 Å². The minimum absolute atomic E-state index is 0.0204. The van der Waals surface area contributed by atoms with Gasteiger partial charge < -0.3 is 5.32 Å². The zero-order chi connectivity index (χ0) is 18.1. The van der Waals surface area contributed by atoms with Crippen LogP contribution in [0.25, 0.3) is 0 Å². The van der Waals surface area contributed by atoms with Gasteiger partial charge in [0.1, 0.15) is 0 Å². The summed E-state index contributed by atoms with van der Waals surface area (Å²) in [7, 11) is 0. The first-order chi connectivity index (χ1) is 11.0. The summed E-state index contributed by atoms with van der Waals surface area (Å²) < 4.78 is 0. The Labute approximate surface area is 146 Å². The van der Waals surface area contributed by atoms with E-state index in [2.05, 4.69) is 52.9 Å². The van der Waals surface area contributed by atoms with Crippen molar-refractivity contribution in [3.05, 3.63) is 71.6 Å². The van der Waals surface area contributed by atoms with Gasteiger partial charge in [0, 0.05) is 11.3 Å². The van der Waals surface area contributed by atoms with Crippen molar-refractivity contribution in [1.82, 2.24) is 0 Å². The minimum atomic E-state index is -0.114. The lowest BCUT2D eigenvalue weighted by molar-refractivity contribution is 0.102. The lowest BCUT2D eigenvalue weighted by atomic mass is 9.79. The quantitative estimate of drug-likeness (QED) is 0.767. The number of anilines is 1. The number of benzene rings is 2. The maximum absolute atomic E-state index is 12.7. The first kappa shape index (κ1) is 18.3. The Morgan fingerprint density at radius 2 is 1.42 bits per heavy atom. The van der Waals surface area contributed by atoms with Gasteiger partial charge in [-0.2, -0.15) is 0 Å². The molecule has 2 heteroatoms. The van der Waals surface area contributed by atoms with Crippen LogP contribution in [0.15, 0.2) is 42.5 Å². The van der Waals surface area contributed by atoms with E-state index in [1.807, 2.05) is 24.3 Å². The maximum atomic E-state index is 12.7. The predicted octanol–water partition coefficient (Wildman–Crippen LogP) is 5.59. The molecule has 24 heavy (non-hydrogen) atoms. The molecule has 2 aromatic carbocycles. The number of carbonyl (C=O) groups is 1. The number of hydrogen-bond acceptors (Lipinski definition) is 1. The Kier molecular flexibility index (Phi) is 4.89. The van der Waals surface area contributed by atoms with Crippen molar-refractivity contribution in [1.29, 1.82) is 0 Å². The van der Waals surface area contributed by atoms with Crippen LogP contribution in [0.2, 0.25) is 0 Å². The molecule has 0 aliphatic rings. The summed E-state index contributed by atoms with van der Waals surface area (Å²) in [5, 5.41) is 2.94. The van der Waals surface area contributed by atoms with Gasteiger partial charge in [0.25, 0.3) is 5.91 Å². The van der Waals surface area contributed by atoms with E-state index >= 15 is 0 Å². The van der Waals surface area contributed by atoms with Crippen molar-refractivity contribution in [2.24, 2.45) is 0 Å². The summed E-state index contributed by atoms with van der Waals surface area (Å²) in [6.07, 6.45) is 0. The third kappa shape index (κ3) is 4.47. The van der Waals surface area contributed by atoms with E-state index < -0.39 is 0 Å². The number of nitrogens with one attached hydrogen (secondary N) is 1. The molecule has 2 radical (unpaired) electrons. The van der Waals surface area contributed by atoms with Gasteiger partial charge in [0.2, 0.25) is 0 Å². The monoisotopic (exact) mass is 321 g/mol. The molecule has 2 aromatic rings. The Hall–Kier alpha value is -2.09. The van der Waals surface area contributed by atoms with Crippen molar-refractivity contribution in [2.75, 3.05) is 5.32 Å². The van der Waals surface area contributed by atoms with E-state index in [-0.39, 0.29) is 16.7 Å². The molecule has 0 saturated heterocycles. The summed E-state index contributed by atoms with van der Waals surface area (Å²) in [4.78, 5) is 12.7. The van der Waals surface area contributed by atoms with Crippen molar-refractivity contribution >= 4 is 11.6 Å². The highest BCUT2D eigenvalue weighted by atomic mass is 16.1. The molecule has 126 valence electrons. The number of carbonyl (C=O) groups excluding carboxylic acids is 1. The molecular formula is C22H27NO. The van der Waals surface area contributed by atoms with E-state index in [9.17, 15) is 4.79 Å². The number of hydrogen-bond donors (Lipinski definition) is 1. The molecule has 0 unspecified atom stereocenters. The molecule has 0 saturated carbocycles. The molecule has 2 rings (SSSR count). The van der Waals surface area contributed by atoms with Gasteiger partial charge >= 0.3 is 0 Å². The molecule has 0 atom stereocenters. The Balaban J connectivity index is 2.43. The van der Waals surface area contributed by atoms with Crippen LogP contribution >= 0.6 is 0 Å². The van der Waals surface area contributed by atoms with E-state index in [4.69, 9.17) is 6.92 Å². The molecule has 1 amide bonds. The highest BCUT2D eigenvalue weighted by molar-refractivity contribution is 6.04. The second-order valence-electron chi connectivity index (χ2n) is 8.38. The van der Waals surface area contributed by atoms with E-state index in [0.717, 1.165) is 11.1 Å². The summed E-state index contributed by atoms with van der Waals surface area (Å²) in [6, 6.07) is 13.4. The van der Waals surface area contributed by atoms with Gasteiger partial charge in [0.15, 0.2) is 0 Å². The predicted molar refractivity (Wildman–Crippen MR) is 102 cm³/mol. The SMILES string of the molecule is [CH]c1cccc(NC(=O)c2cc(C(C)(C)C)cc(C(C)(C)C)c2)c1. The molecule has 2 nitrogen and oxygen atoms in total. The van der Waals surface area contributed by atoms with Crippen LogP contribution in [0, 0.1) is 6.92 Å². The van der Waals surface area contributed by atoms with Crippen LogP contribution in [0.4, 0.5) is 5.69 Å². The molecule has 0 fully saturated rings. The maximum Gasteiger partial charge on any atom is 0.255 e. The van der Waals surface area contributed by atoms with Gasteiger partial charge in [0.05, 0.1) is 0 Å². The average Bonchev–Trinajstić information content (AvgIpc) is 2.45. The van der Waals surface area contributed by atoms with E-state index in [0.29, 0.717) is 16.8 Å². The third-order valence-corrected chi connectivity index (χ3v) is 4.07. The lowest BCUT2D eigenvalue weighted by Gasteiger charge is -2.26. The Morgan fingerprint density at radius 3 is 1.88 bits per heavy atom. The average molecular weight is 321 g/mol. The van der Waals surface area contributed by atoms with Crippen molar-refractivity contribution in [3.8, 4) is 0 Å². The van der Waals surface area contributed by atoms with E-state index in [1.54, 1.807) is 12.1 Å². The first-order valence-electron chi connectivity index (χ1n) is 8.30. The van der Waals surface area contributed by atoms with Gasteiger partial charge in [-0.3, -0.25) is 4.79 Å². The van der Waals surface area contributed by atoms with Gasteiger partial charge in [-0.25, -0.2) is 0 Å². The second-order valence-corrected chi connectivity index (χ2v) is 8.38. The molecule has 0 aliphatic heterocycles. The van der Waals surface area contributed by atoms with E-state index in [1.165, 1.54) is 0 Å². The van der Waals surface area contributed by atoms with Crippen LogP contribution < -0.4 is 5.32 Å². The second kappa shape index (κ2) is 6.43.